The van der Waals surface area contributed by atoms with Gasteiger partial charge in [-0.1, -0.05) is 24.6 Å². The Morgan fingerprint density at radius 1 is 1.26 bits per heavy atom. The highest BCUT2D eigenvalue weighted by atomic mass is 16.2. The lowest BCUT2D eigenvalue weighted by atomic mass is 9.84. The molecule has 0 saturated heterocycles. The summed E-state index contributed by atoms with van der Waals surface area (Å²) in [6.45, 7) is 0.286. The Morgan fingerprint density at radius 2 is 1.95 bits per heavy atom. The highest BCUT2D eigenvalue weighted by Crippen LogP contribution is 2.29. The van der Waals surface area contributed by atoms with Crippen molar-refractivity contribution >= 4 is 17.5 Å². The van der Waals surface area contributed by atoms with Crippen molar-refractivity contribution in [3.05, 3.63) is 29.8 Å². The van der Waals surface area contributed by atoms with Gasteiger partial charge in [-0.05, 0) is 24.5 Å². The maximum atomic E-state index is 12.3. The third kappa shape index (κ3) is 3.24. The van der Waals surface area contributed by atoms with Crippen LogP contribution in [0.1, 0.15) is 24.8 Å². The lowest BCUT2D eigenvalue weighted by Crippen LogP contribution is -2.43. The van der Waals surface area contributed by atoms with Gasteiger partial charge < -0.3 is 16.4 Å². The van der Waals surface area contributed by atoms with Gasteiger partial charge >= 0.3 is 0 Å². The van der Waals surface area contributed by atoms with E-state index in [0.717, 1.165) is 24.8 Å². The van der Waals surface area contributed by atoms with Gasteiger partial charge in [0.1, 0.15) is 0 Å². The van der Waals surface area contributed by atoms with Gasteiger partial charge in [0.05, 0.1) is 6.54 Å². The molecule has 5 nitrogen and oxygen atoms in total. The molecule has 2 rings (SSSR count). The average Bonchev–Trinajstić information content (AvgIpc) is 2.28. The number of carbonyl (C=O) groups excluding carboxylic acids is 2. The van der Waals surface area contributed by atoms with Crippen molar-refractivity contribution in [2.24, 2.45) is 11.7 Å². The normalized spacial score (nSPS) is 14.7. The largest absolute Gasteiger partial charge is 0.398 e. The third-order valence-electron chi connectivity index (χ3n) is 3.53. The summed E-state index contributed by atoms with van der Waals surface area (Å²) < 4.78 is 0. The van der Waals surface area contributed by atoms with Crippen LogP contribution in [0.2, 0.25) is 0 Å². The van der Waals surface area contributed by atoms with Crippen molar-refractivity contribution in [1.82, 2.24) is 4.90 Å². The van der Waals surface area contributed by atoms with E-state index >= 15 is 0 Å². The minimum Gasteiger partial charge on any atom is -0.398 e. The SMILES string of the molecule is NC(=O)CN(Cc1ccccc1N)C(=O)C1CCC1. The summed E-state index contributed by atoms with van der Waals surface area (Å²) in [5, 5.41) is 0. The van der Waals surface area contributed by atoms with Crippen molar-refractivity contribution in [2.75, 3.05) is 12.3 Å². The van der Waals surface area contributed by atoms with E-state index in [1.807, 2.05) is 18.2 Å². The Morgan fingerprint density at radius 3 is 2.47 bits per heavy atom. The lowest BCUT2D eigenvalue weighted by molar-refractivity contribution is -0.141. The number of anilines is 1. The molecule has 1 aromatic carbocycles. The molecule has 0 unspecified atom stereocenters. The smallest absolute Gasteiger partial charge is 0.237 e. The van der Waals surface area contributed by atoms with Crippen molar-refractivity contribution in [1.29, 1.82) is 0 Å². The first kappa shape index (κ1) is 13.4. The van der Waals surface area contributed by atoms with Gasteiger partial charge in [0.15, 0.2) is 0 Å². The maximum Gasteiger partial charge on any atom is 0.237 e. The molecule has 1 aliphatic rings. The molecule has 1 saturated carbocycles. The van der Waals surface area contributed by atoms with Crippen LogP contribution in [-0.2, 0) is 16.1 Å². The van der Waals surface area contributed by atoms with Crippen molar-refractivity contribution in [3.8, 4) is 0 Å². The van der Waals surface area contributed by atoms with Crippen LogP contribution in [0.5, 0.6) is 0 Å². The quantitative estimate of drug-likeness (QED) is 0.771. The molecule has 1 aliphatic carbocycles. The van der Waals surface area contributed by atoms with E-state index in [4.69, 9.17) is 11.5 Å². The average molecular weight is 261 g/mol. The number of hydrogen-bond donors (Lipinski definition) is 2. The van der Waals surface area contributed by atoms with E-state index in [1.54, 1.807) is 6.07 Å². The fraction of sp³-hybridized carbons (Fsp3) is 0.429. The molecule has 0 atom stereocenters. The molecule has 4 N–H and O–H groups in total. The first-order valence-electron chi connectivity index (χ1n) is 6.48. The van der Waals surface area contributed by atoms with Crippen LogP contribution in [0.3, 0.4) is 0 Å². The van der Waals surface area contributed by atoms with Gasteiger partial charge in [0.2, 0.25) is 11.8 Å². The lowest BCUT2D eigenvalue weighted by Gasteiger charge is -2.31. The molecule has 102 valence electrons. The third-order valence-corrected chi connectivity index (χ3v) is 3.53. The van der Waals surface area contributed by atoms with E-state index in [2.05, 4.69) is 0 Å². The second-order valence-corrected chi connectivity index (χ2v) is 4.99. The van der Waals surface area contributed by atoms with Crippen LogP contribution in [0.25, 0.3) is 0 Å². The van der Waals surface area contributed by atoms with Crippen molar-refractivity contribution in [2.45, 2.75) is 25.8 Å². The molecular formula is C14H19N3O2. The Kier molecular flexibility index (Phi) is 4.04. The van der Waals surface area contributed by atoms with E-state index in [9.17, 15) is 9.59 Å². The Bertz CT molecular complexity index is 483. The summed E-state index contributed by atoms with van der Waals surface area (Å²) in [6, 6.07) is 7.34. The molecular weight excluding hydrogens is 242 g/mol. The van der Waals surface area contributed by atoms with Gasteiger partial charge in [-0.3, -0.25) is 9.59 Å². The highest BCUT2D eigenvalue weighted by molar-refractivity contribution is 5.85. The van der Waals surface area contributed by atoms with E-state index < -0.39 is 5.91 Å². The van der Waals surface area contributed by atoms with Gasteiger partial charge in [0, 0.05) is 18.2 Å². The molecule has 0 spiro atoms. The Hall–Kier alpha value is -2.04. The molecule has 0 heterocycles. The van der Waals surface area contributed by atoms with Gasteiger partial charge in [-0.2, -0.15) is 0 Å². The van der Waals surface area contributed by atoms with E-state index in [1.165, 1.54) is 4.90 Å². The zero-order chi connectivity index (χ0) is 13.8. The maximum absolute atomic E-state index is 12.3. The fourth-order valence-corrected chi connectivity index (χ4v) is 2.20. The fourth-order valence-electron chi connectivity index (χ4n) is 2.20. The number of amides is 2. The summed E-state index contributed by atoms with van der Waals surface area (Å²) in [7, 11) is 0. The number of para-hydroxylation sites is 1. The number of carbonyl (C=O) groups is 2. The summed E-state index contributed by atoms with van der Waals surface area (Å²) in [4.78, 5) is 24.9. The molecule has 5 heteroatoms. The number of benzene rings is 1. The number of rotatable bonds is 5. The van der Waals surface area contributed by atoms with Gasteiger partial charge in [-0.15, -0.1) is 0 Å². The van der Waals surface area contributed by atoms with Crippen molar-refractivity contribution in [3.63, 3.8) is 0 Å². The van der Waals surface area contributed by atoms with Crippen LogP contribution in [0, 0.1) is 5.92 Å². The Balaban J connectivity index is 2.11. The minimum absolute atomic E-state index is 0.00769. The number of nitrogens with two attached hydrogens (primary N) is 2. The predicted octanol–water partition coefficient (Wildman–Crippen LogP) is 0.883. The molecule has 0 bridgehead atoms. The molecule has 0 radical (unpaired) electrons. The number of nitrogens with zero attached hydrogens (tertiary/aromatic N) is 1. The first-order chi connectivity index (χ1) is 9.08. The second-order valence-electron chi connectivity index (χ2n) is 4.99. The van der Waals surface area contributed by atoms with Crippen LogP contribution in [-0.4, -0.2) is 23.3 Å². The van der Waals surface area contributed by atoms with Gasteiger partial charge in [-0.25, -0.2) is 0 Å². The molecule has 1 fully saturated rings. The number of primary amides is 1. The van der Waals surface area contributed by atoms with Crippen LogP contribution in [0.15, 0.2) is 24.3 Å². The zero-order valence-electron chi connectivity index (χ0n) is 10.8. The Labute approximate surface area is 112 Å². The topological polar surface area (TPSA) is 89.4 Å². The highest BCUT2D eigenvalue weighted by Gasteiger charge is 2.30. The first-order valence-corrected chi connectivity index (χ1v) is 6.48. The molecule has 0 aromatic heterocycles. The number of hydrogen-bond acceptors (Lipinski definition) is 3. The molecule has 2 amide bonds. The predicted molar refractivity (Wildman–Crippen MR) is 72.8 cm³/mol. The molecule has 0 aliphatic heterocycles. The molecule has 1 aromatic rings. The summed E-state index contributed by atoms with van der Waals surface area (Å²) in [5.74, 6) is -0.445. The van der Waals surface area contributed by atoms with Crippen LogP contribution >= 0.6 is 0 Å². The molecule has 19 heavy (non-hydrogen) atoms. The standard InChI is InChI=1S/C14H19N3O2/c15-12-7-2-1-4-11(12)8-17(9-13(16)18)14(19)10-5-3-6-10/h1-2,4,7,10H,3,5-6,8-9,15H2,(H2,16,18). The number of nitrogen functional groups attached to an aromatic ring is 1. The van der Waals surface area contributed by atoms with Crippen LogP contribution < -0.4 is 11.5 Å². The summed E-state index contributed by atoms with van der Waals surface area (Å²) >= 11 is 0. The van der Waals surface area contributed by atoms with Gasteiger partial charge in [0.25, 0.3) is 0 Å². The van der Waals surface area contributed by atoms with E-state index in [0.29, 0.717) is 12.2 Å². The monoisotopic (exact) mass is 261 g/mol. The van der Waals surface area contributed by atoms with Crippen LogP contribution in [0.4, 0.5) is 5.69 Å². The second kappa shape index (κ2) is 5.73. The minimum atomic E-state index is -0.498. The van der Waals surface area contributed by atoms with E-state index in [-0.39, 0.29) is 18.4 Å². The zero-order valence-corrected chi connectivity index (χ0v) is 10.8. The summed E-state index contributed by atoms with van der Waals surface area (Å²) in [6.07, 6.45) is 2.88. The summed E-state index contributed by atoms with van der Waals surface area (Å²) in [5.41, 5.74) is 12.6. The van der Waals surface area contributed by atoms with Crippen molar-refractivity contribution < 1.29 is 9.59 Å².